The molecule has 1 rings (SSSR count). The molecule has 0 aromatic carbocycles. The summed E-state index contributed by atoms with van der Waals surface area (Å²) in [5.41, 5.74) is 6.57. The van der Waals surface area contributed by atoms with Crippen LogP contribution in [-0.4, -0.2) is 30.7 Å². The van der Waals surface area contributed by atoms with E-state index in [2.05, 4.69) is 36.0 Å². The highest BCUT2D eigenvalue weighted by Crippen LogP contribution is 2.14. The van der Waals surface area contributed by atoms with Crippen molar-refractivity contribution >= 4 is 11.5 Å². The maximum Gasteiger partial charge on any atom is 0.128 e. The molecule has 90 valence electrons. The summed E-state index contributed by atoms with van der Waals surface area (Å²) in [7, 11) is 0. The van der Waals surface area contributed by atoms with E-state index in [4.69, 9.17) is 5.73 Å². The van der Waals surface area contributed by atoms with Crippen LogP contribution in [0.5, 0.6) is 0 Å². The number of hydrogen-bond acceptors (Lipinski definition) is 4. The van der Waals surface area contributed by atoms with Crippen molar-refractivity contribution in [3.8, 4) is 0 Å². The van der Waals surface area contributed by atoms with Crippen LogP contribution in [-0.2, 0) is 0 Å². The van der Waals surface area contributed by atoms with Crippen LogP contribution in [0.2, 0.25) is 0 Å². The van der Waals surface area contributed by atoms with Crippen molar-refractivity contribution < 1.29 is 0 Å². The molecule has 1 aromatic rings. The summed E-state index contributed by atoms with van der Waals surface area (Å²) in [4.78, 5) is 6.65. The molecule has 1 atom stereocenters. The van der Waals surface area contributed by atoms with Crippen LogP contribution in [0.3, 0.4) is 0 Å². The summed E-state index contributed by atoms with van der Waals surface area (Å²) in [6.07, 6.45) is 1.86. The second kappa shape index (κ2) is 6.33. The van der Waals surface area contributed by atoms with Crippen LogP contribution < -0.4 is 16.0 Å². The summed E-state index contributed by atoms with van der Waals surface area (Å²) < 4.78 is 0. The third-order valence-electron chi connectivity index (χ3n) is 2.60. The van der Waals surface area contributed by atoms with Crippen molar-refractivity contribution in [3.05, 3.63) is 18.3 Å². The van der Waals surface area contributed by atoms with Gasteiger partial charge in [0.1, 0.15) is 5.82 Å². The Kier molecular flexibility index (Phi) is 5.05. The SMILES string of the molecule is CCN(CC)c1ccc(NC(C)CN)cn1. The molecule has 0 saturated carbocycles. The van der Waals surface area contributed by atoms with E-state index in [1.54, 1.807) is 0 Å². The molecule has 0 radical (unpaired) electrons. The van der Waals surface area contributed by atoms with E-state index >= 15 is 0 Å². The monoisotopic (exact) mass is 222 g/mol. The van der Waals surface area contributed by atoms with Crippen LogP contribution in [0.4, 0.5) is 11.5 Å². The molecule has 0 bridgehead atoms. The van der Waals surface area contributed by atoms with Crippen molar-refractivity contribution in [2.24, 2.45) is 5.73 Å². The van der Waals surface area contributed by atoms with Gasteiger partial charge in [-0.05, 0) is 32.9 Å². The lowest BCUT2D eigenvalue weighted by Gasteiger charge is -2.20. The minimum absolute atomic E-state index is 0.279. The average molecular weight is 222 g/mol. The normalized spacial score (nSPS) is 12.2. The van der Waals surface area contributed by atoms with E-state index in [0.717, 1.165) is 24.6 Å². The molecule has 16 heavy (non-hydrogen) atoms. The molecule has 4 nitrogen and oxygen atoms in total. The Balaban J connectivity index is 2.67. The molecular formula is C12H22N4. The van der Waals surface area contributed by atoms with Gasteiger partial charge in [0.05, 0.1) is 11.9 Å². The molecule has 1 unspecified atom stereocenters. The highest BCUT2D eigenvalue weighted by Gasteiger charge is 2.03. The van der Waals surface area contributed by atoms with Gasteiger partial charge in [-0.3, -0.25) is 0 Å². The van der Waals surface area contributed by atoms with Crippen LogP contribution in [0.1, 0.15) is 20.8 Å². The third-order valence-corrected chi connectivity index (χ3v) is 2.60. The van der Waals surface area contributed by atoms with E-state index in [-0.39, 0.29) is 6.04 Å². The molecule has 0 aliphatic rings. The predicted molar refractivity (Wildman–Crippen MR) is 69.9 cm³/mol. The number of hydrogen-bond donors (Lipinski definition) is 2. The Labute approximate surface area is 97.9 Å². The molecule has 0 aliphatic heterocycles. The number of nitrogens with zero attached hydrogens (tertiary/aromatic N) is 2. The zero-order chi connectivity index (χ0) is 12.0. The maximum atomic E-state index is 5.55. The Hall–Kier alpha value is -1.29. The van der Waals surface area contributed by atoms with Gasteiger partial charge in [-0.25, -0.2) is 4.98 Å². The van der Waals surface area contributed by atoms with Crippen LogP contribution in [0, 0.1) is 0 Å². The molecule has 0 spiro atoms. The van der Waals surface area contributed by atoms with Crippen molar-refractivity contribution in [3.63, 3.8) is 0 Å². The molecule has 0 aliphatic carbocycles. The average Bonchev–Trinajstić information content (AvgIpc) is 2.32. The molecule has 3 N–H and O–H groups in total. The zero-order valence-electron chi connectivity index (χ0n) is 10.4. The number of pyridine rings is 1. The van der Waals surface area contributed by atoms with E-state index in [1.807, 2.05) is 18.3 Å². The van der Waals surface area contributed by atoms with Crippen molar-refractivity contribution in [1.82, 2.24) is 4.98 Å². The van der Waals surface area contributed by atoms with Gasteiger partial charge in [-0.2, -0.15) is 0 Å². The van der Waals surface area contributed by atoms with E-state index in [9.17, 15) is 0 Å². The molecule has 1 aromatic heterocycles. The number of nitrogens with two attached hydrogens (primary N) is 1. The van der Waals surface area contributed by atoms with Crippen LogP contribution in [0.15, 0.2) is 18.3 Å². The number of rotatable bonds is 6. The maximum absolute atomic E-state index is 5.55. The summed E-state index contributed by atoms with van der Waals surface area (Å²) in [5, 5.41) is 3.29. The first-order valence-electron chi connectivity index (χ1n) is 5.88. The fraction of sp³-hybridized carbons (Fsp3) is 0.583. The lowest BCUT2D eigenvalue weighted by molar-refractivity contribution is 0.801. The fourth-order valence-corrected chi connectivity index (χ4v) is 1.55. The van der Waals surface area contributed by atoms with Gasteiger partial charge in [0.25, 0.3) is 0 Å². The van der Waals surface area contributed by atoms with Gasteiger partial charge in [0, 0.05) is 25.7 Å². The summed E-state index contributed by atoms with van der Waals surface area (Å²) in [6.45, 7) is 8.91. The van der Waals surface area contributed by atoms with Gasteiger partial charge in [0.15, 0.2) is 0 Å². The minimum atomic E-state index is 0.279. The van der Waals surface area contributed by atoms with Gasteiger partial charge in [-0.15, -0.1) is 0 Å². The second-order valence-corrected chi connectivity index (χ2v) is 3.86. The van der Waals surface area contributed by atoms with Crippen LogP contribution in [0.25, 0.3) is 0 Å². The number of aromatic nitrogens is 1. The number of anilines is 2. The molecule has 0 amide bonds. The summed E-state index contributed by atoms with van der Waals surface area (Å²) in [6, 6.07) is 4.37. The van der Waals surface area contributed by atoms with Gasteiger partial charge < -0.3 is 16.0 Å². The Bertz CT molecular complexity index is 292. The first-order valence-corrected chi connectivity index (χ1v) is 5.88. The smallest absolute Gasteiger partial charge is 0.128 e. The molecule has 1 heterocycles. The quantitative estimate of drug-likeness (QED) is 0.769. The molecular weight excluding hydrogens is 200 g/mol. The summed E-state index contributed by atoms with van der Waals surface area (Å²) >= 11 is 0. The molecule has 4 heteroatoms. The first-order chi connectivity index (χ1) is 7.71. The van der Waals surface area contributed by atoms with E-state index in [0.29, 0.717) is 6.54 Å². The van der Waals surface area contributed by atoms with Gasteiger partial charge >= 0.3 is 0 Å². The highest BCUT2D eigenvalue weighted by atomic mass is 15.2. The van der Waals surface area contributed by atoms with Crippen molar-refractivity contribution in [2.45, 2.75) is 26.8 Å². The largest absolute Gasteiger partial charge is 0.380 e. The molecule has 0 saturated heterocycles. The van der Waals surface area contributed by atoms with Gasteiger partial charge in [0.2, 0.25) is 0 Å². The third kappa shape index (κ3) is 3.38. The fourth-order valence-electron chi connectivity index (χ4n) is 1.55. The lowest BCUT2D eigenvalue weighted by Crippen LogP contribution is -2.25. The highest BCUT2D eigenvalue weighted by molar-refractivity contribution is 5.48. The first kappa shape index (κ1) is 12.8. The van der Waals surface area contributed by atoms with Crippen molar-refractivity contribution in [2.75, 3.05) is 29.9 Å². The Morgan fingerprint density at radius 3 is 2.50 bits per heavy atom. The Morgan fingerprint density at radius 1 is 1.38 bits per heavy atom. The van der Waals surface area contributed by atoms with Crippen molar-refractivity contribution in [1.29, 1.82) is 0 Å². The standard InChI is InChI=1S/C12H22N4/c1-4-16(5-2)12-7-6-11(9-14-12)15-10(3)8-13/h6-7,9-10,15H,4-5,8,13H2,1-3H3. The predicted octanol–water partition coefficient (Wildman–Crippen LogP) is 1.69. The lowest BCUT2D eigenvalue weighted by atomic mass is 10.3. The Morgan fingerprint density at radius 2 is 2.06 bits per heavy atom. The second-order valence-electron chi connectivity index (χ2n) is 3.86. The topological polar surface area (TPSA) is 54.2 Å². The van der Waals surface area contributed by atoms with Gasteiger partial charge in [-0.1, -0.05) is 0 Å². The molecule has 0 fully saturated rings. The zero-order valence-corrected chi connectivity index (χ0v) is 10.4. The minimum Gasteiger partial charge on any atom is -0.380 e. The van der Waals surface area contributed by atoms with E-state index in [1.165, 1.54) is 0 Å². The summed E-state index contributed by atoms with van der Waals surface area (Å²) in [5.74, 6) is 1.02. The van der Waals surface area contributed by atoms with E-state index < -0.39 is 0 Å². The number of nitrogens with one attached hydrogen (secondary N) is 1. The van der Waals surface area contributed by atoms with Crippen LogP contribution >= 0.6 is 0 Å².